The molecule has 0 aliphatic carbocycles. The highest BCUT2D eigenvalue weighted by atomic mass is 19.1. The van der Waals surface area contributed by atoms with Crippen molar-refractivity contribution in [3.8, 4) is 0 Å². The third-order valence-corrected chi connectivity index (χ3v) is 2.95. The van der Waals surface area contributed by atoms with Crippen LogP contribution in [-0.2, 0) is 4.79 Å². The van der Waals surface area contributed by atoms with Gasteiger partial charge in [0.25, 0.3) is 5.91 Å². The topological polar surface area (TPSA) is 53.5 Å². The molecule has 4 nitrogen and oxygen atoms in total. The maximum Gasteiger partial charge on any atom is 0.254 e. The number of carbonyl (C=O) groups excluding carboxylic acids is 1. The molecule has 0 bridgehead atoms. The fraction of sp³-hybridized carbons (Fsp3) is 0.333. The number of guanidine groups is 1. The first-order valence-corrected chi connectivity index (χ1v) is 5.58. The molecule has 0 fully saturated rings. The van der Waals surface area contributed by atoms with E-state index in [1.54, 1.807) is 6.92 Å². The van der Waals surface area contributed by atoms with Crippen molar-refractivity contribution in [1.82, 2.24) is 5.32 Å². The van der Waals surface area contributed by atoms with Crippen LogP contribution < -0.4 is 10.6 Å². The molecule has 1 unspecified atom stereocenters. The Kier molecular flexibility index (Phi) is 3.02. The molecule has 0 saturated heterocycles. The first-order valence-electron chi connectivity index (χ1n) is 5.58. The van der Waals surface area contributed by atoms with E-state index in [-0.39, 0.29) is 17.6 Å². The van der Waals surface area contributed by atoms with E-state index in [0.717, 1.165) is 12.1 Å². The van der Waals surface area contributed by atoms with Crippen molar-refractivity contribution in [2.75, 3.05) is 5.32 Å². The maximum atomic E-state index is 13.4. The summed E-state index contributed by atoms with van der Waals surface area (Å²) in [5.74, 6) is -1.46. The van der Waals surface area contributed by atoms with Gasteiger partial charge in [-0.3, -0.25) is 10.1 Å². The van der Waals surface area contributed by atoms with E-state index in [2.05, 4.69) is 15.6 Å². The van der Waals surface area contributed by atoms with Gasteiger partial charge < -0.3 is 5.32 Å². The van der Waals surface area contributed by atoms with Gasteiger partial charge in [-0.05, 0) is 25.5 Å². The van der Waals surface area contributed by atoms with E-state index in [0.29, 0.717) is 6.42 Å². The number of benzene rings is 1. The van der Waals surface area contributed by atoms with Crippen molar-refractivity contribution < 1.29 is 13.6 Å². The average Bonchev–Trinajstić information content (AvgIpc) is 2.59. The third kappa shape index (κ3) is 2.18. The molecule has 1 aromatic rings. The Morgan fingerprint density at radius 3 is 2.72 bits per heavy atom. The van der Waals surface area contributed by atoms with Crippen LogP contribution in [-0.4, -0.2) is 17.4 Å². The van der Waals surface area contributed by atoms with E-state index < -0.39 is 17.2 Å². The summed E-state index contributed by atoms with van der Waals surface area (Å²) in [4.78, 5) is 15.8. The number of hydrogen-bond donors (Lipinski definition) is 2. The Labute approximate surface area is 103 Å². The summed E-state index contributed by atoms with van der Waals surface area (Å²) < 4.78 is 26.1. The maximum absolute atomic E-state index is 13.4. The lowest BCUT2D eigenvalue weighted by Crippen LogP contribution is -2.38. The number of nitrogens with zero attached hydrogens (tertiary/aromatic N) is 1. The number of anilines is 1. The molecule has 2 N–H and O–H groups in total. The Balaban J connectivity index is 2.21. The summed E-state index contributed by atoms with van der Waals surface area (Å²) in [5, 5.41) is 5.16. The molecule has 1 atom stereocenters. The van der Waals surface area contributed by atoms with Crippen molar-refractivity contribution >= 4 is 17.6 Å². The molecule has 96 valence electrons. The van der Waals surface area contributed by atoms with E-state index >= 15 is 0 Å². The van der Waals surface area contributed by atoms with Gasteiger partial charge in [-0.2, -0.15) is 0 Å². The molecule has 6 heteroatoms. The first-order chi connectivity index (χ1) is 8.44. The number of aliphatic imine (C=N–C) groups is 1. The Morgan fingerprint density at radius 1 is 1.44 bits per heavy atom. The second-order valence-corrected chi connectivity index (χ2v) is 4.29. The molecule has 0 radical (unpaired) electrons. The zero-order valence-electron chi connectivity index (χ0n) is 10.1. The minimum absolute atomic E-state index is 0.0656. The minimum atomic E-state index is -0.834. The van der Waals surface area contributed by atoms with Gasteiger partial charge >= 0.3 is 0 Å². The number of amides is 1. The summed E-state index contributed by atoms with van der Waals surface area (Å²) >= 11 is 0. The fourth-order valence-corrected chi connectivity index (χ4v) is 1.58. The van der Waals surface area contributed by atoms with Crippen molar-refractivity contribution in [2.24, 2.45) is 4.99 Å². The molecule has 0 aromatic heterocycles. The van der Waals surface area contributed by atoms with Crippen molar-refractivity contribution in [3.05, 3.63) is 29.8 Å². The molecule has 18 heavy (non-hydrogen) atoms. The van der Waals surface area contributed by atoms with Gasteiger partial charge in [-0.1, -0.05) is 6.92 Å². The van der Waals surface area contributed by atoms with Crippen LogP contribution in [0, 0.1) is 11.6 Å². The largest absolute Gasteiger partial charge is 0.323 e. The van der Waals surface area contributed by atoms with E-state index in [1.165, 1.54) is 6.07 Å². The van der Waals surface area contributed by atoms with Gasteiger partial charge in [0.1, 0.15) is 17.2 Å². The van der Waals surface area contributed by atoms with Crippen LogP contribution in [0.25, 0.3) is 0 Å². The van der Waals surface area contributed by atoms with E-state index in [4.69, 9.17) is 0 Å². The molecule has 1 aromatic carbocycles. The predicted octanol–water partition coefficient (Wildman–Crippen LogP) is 2.03. The fourth-order valence-electron chi connectivity index (χ4n) is 1.58. The van der Waals surface area contributed by atoms with Crippen molar-refractivity contribution in [3.63, 3.8) is 0 Å². The molecule has 2 rings (SSSR count). The average molecular weight is 253 g/mol. The zero-order valence-corrected chi connectivity index (χ0v) is 10.1. The summed E-state index contributed by atoms with van der Waals surface area (Å²) in [6, 6.07) is 3.14. The normalized spacial score (nSPS) is 22.7. The quantitative estimate of drug-likeness (QED) is 0.847. The van der Waals surface area contributed by atoms with Crippen molar-refractivity contribution in [1.29, 1.82) is 0 Å². The number of hydrogen-bond acceptors (Lipinski definition) is 3. The highest BCUT2D eigenvalue weighted by Crippen LogP contribution is 2.21. The first kappa shape index (κ1) is 12.5. The Morgan fingerprint density at radius 2 is 2.17 bits per heavy atom. The van der Waals surface area contributed by atoms with Crippen LogP contribution in [0.3, 0.4) is 0 Å². The summed E-state index contributed by atoms with van der Waals surface area (Å²) in [7, 11) is 0. The Bertz CT molecular complexity index is 530. The number of nitrogens with one attached hydrogen (secondary N) is 2. The van der Waals surface area contributed by atoms with Crippen LogP contribution in [0.5, 0.6) is 0 Å². The van der Waals surface area contributed by atoms with Crippen LogP contribution in [0.4, 0.5) is 14.5 Å². The molecule has 0 saturated carbocycles. The predicted molar refractivity (Wildman–Crippen MR) is 64.3 cm³/mol. The van der Waals surface area contributed by atoms with Crippen LogP contribution in [0.2, 0.25) is 0 Å². The SMILES string of the molecule is CCC1(C)N=C(Nc2ccc(F)cc2F)NC1=O. The van der Waals surface area contributed by atoms with Crippen LogP contribution in [0.15, 0.2) is 23.2 Å². The van der Waals surface area contributed by atoms with Gasteiger partial charge in [0.15, 0.2) is 0 Å². The highest BCUT2D eigenvalue weighted by Gasteiger charge is 2.37. The molecule has 1 amide bonds. The lowest BCUT2D eigenvalue weighted by molar-refractivity contribution is -0.123. The monoisotopic (exact) mass is 253 g/mol. The summed E-state index contributed by atoms with van der Waals surface area (Å²) in [5.41, 5.74) is -0.769. The molecular formula is C12H13F2N3O. The van der Waals surface area contributed by atoms with E-state index in [9.17, 15) is 13.6 Å². The van der Waals surface area contributed by atoms with Crippen LogP contribution in [0.1, 0.15) is 20.3 Å². The zero-order chi connectivity index (χ0) is 13.3. The molecule has 1 aliphatic heterocycles. The summed E-state index contributed by atoms with van der Waals surface area (Å²) in [6.45, 7) is 3.53. The Hall–Kier alpha value is -1.98. The molecule has 0 spiro atoms. The molecular weight excluding hydrogens is 240 g/mol. The van der Waals surface area contributed by atoms with E-state index in [1.807, 2.05) is 6.92 Å². The van der Waals surface area contributed by atoms with Gasteiger partial charge in [-0.15, -0.1) is 0 Å². The van der Waals surface area contributed by atoms with Gasteiger partial charge in [-0.25, -0.2) is 13.8 Å². The van der Waals surface area contributed by atoms with Gasteiger partial charge in [0.2, 0.25) is 5.96 Å². The molecule has 1 aliphatic rings. The van der Waals surface area contributed by atoms with Gasteiger partial charge in [0.05, 0.1) is 5.69 Å². The minimum Gasteiger partial charge on any atom is -0.323 e. The van der Waals surface area contributed by atoms with Crippen LogP contribution >= 0.6 is 0 Å². The second kappa shape index (κ2) is 4.36. The number of rotatable bonds is 2. The lowest BCUT2D eigenvalue weighted by Gasteiger charge is -2.12. The van der Waals surface area contributed by atoms with Crippen molar-refractivity contribution in [2.45, 2.75) is 25.8 Å². The number of halogens is 2. The number of carbonyl (C=O) groups is 1. The smallest absolute Gasteiger partial charge is 0.254 e. The third-order valence-electron chi connectivity index (χ3n) is 2.95. The standard InChI is InChI=1S/C12H13F2N3O/c1-3-12(2)10(18)16-11(17-12)15-9-5-4-7(13)6-8(9)14/h4-6H,3H2,1-2H3,(H2,15,16,17,18). The summed E-state index contributed by atoms with van der Waals surface area (Å²) in [6.07, 6.45) is 0.538. The van der Waals surface area contributed by atoms with Gasteiger partial charge in [0, 0.05) is 6.07 Å². The highest BCUT2D eigenvalue weighted by molar-refractivity contribution is 6.12. The molecule has 1 heterocycles. The second-order valence-electron chi connectivity index (χ2n) is 4.29. The lowest BCUT2D eigenvalue weighted by atomic mass is 10.0.